The van der Waals surface area contributed by atoms with E-state index >= 15 is 0 Å². The number of Topliss-reactive ketones (excluding diaryl/α,β-unsaturated/α-hetero) is 1. The van der Waals surface area contributed by atoms with E-state index in [0.717, 1.165) is 44.4 Å². The number of amidine groups is 1. The van der Waals surface area contributed by atoms with Crippen molar-refractivity contribution in [3.8, 4) is 0 Å². The topological polar surface area (TPSA) is 111 Å². The van der Waals surface area contributed by atoms with Gasteiger partial charge in [-0.25, -0.2) is 5.43 Å². The van der Waals surface area contributed by atoms with Crippen LogP contribution in [0.3, 0.4) is 0 Å². The second-order valence-electron chi connectivity index (χ2n) is 10.7. The second-order valence-corrected chi connectivity index (χ2v) is 11.7. The van der Waals surface area contributed by atoms with Crippen LogP contribution in [-0.2, 0) is 19.2 Å². The molecule has 3 aliphatic rings. The van der Waals surface area contributed by atoms with Gasteiger partial charge in [0.1, 0.15) is 6.04 Å². The Bertz CT molecular complexity index is 817. The van der Waals surface area contributed by atoms with E-state index in [2.05, 4.69) is 15.8 Å². The number of hydrogen-bond donors (Lipinski definition) is 2. The Morgan fingerprint density at radius 1 is 1.00 bits per heavy atom. The molecular weight excluding hydrogens is 490 g/mol. The van der Waals surface area contributed by atoms with Crippen molar-refractivity contribution in [1.29, 1.82) is 0 Å². The van der Waals surface area contributed by atoms with Gasteiger partial charge in [0, 0.05) is 43.8 Å². The lowest BCUT2D eigenvalue weighted by molar-refractivity contribution is -0.144. The molecule has 2 N–H and O–H groups in total. The molecule has 9 nitrogen and oxygen atoms in total. The van der Waals surface area contributed by atoms with Crippen molar-refractivity contribution in [3.63, 3.8) is 0 Å². The molecule has 0 aromatic rings. The summed E-state index contributed by atoms with van der Waals surface area (Å²) >= 11 is 1.52. The van der Waals surface area contributed by atoms with E-state index < -0.39 is 23.1 Å². The average molecular weight is 530 g/mol. The molecule has 3 fully saturated rings. The maximum absolute atomic E-state index is 13.2. The van der Waals surface area contributed by atoms with Crippen LogP contribution in [-0.4, -0.2) is 76.9 Å². The maximum atomic E-state index is 13.2. The monoisotopic (exact) mass is 529 g/mol. The predicted octanol–water partition coefficient (Wildman–Crippen LogP) is 2.39. The first-order chi connectivity index (χ1) is 16.1. The number of halogens is 1. The standard InChI is InChI=1S/C24H39N5O4S.ClH/c1-24(2,3)22(33)29-12-10-16(11-13-29)18(25-20(31)17-8-6-5-7-9-17)19(30)21(32)26-27-23-28(4)14-15-34-23;/h16-18H,5-15H2,1-4H3,(H,25,31)(H,26,32);1H/b27-23-;. The van der Waals surface area contributed by atoms with E-state index in [4.69, 9.17) is 0 Å². The van der Waals surface area contributed by atoms with E-state index in [1.165, 1.54) is 11.8 Å². The zero-order valence-electron chi connectivity index (χ0n) is 21.3. The summed E-state index contributed by atoms with van der Waals surface area (Å²) in [6.45, 7) is 7.53. The molecule has 35 heavy (non-hydrogen) atoms. The molecule has 1 aliphatic carbocycles. The van der Waals surface area contributed by atoms with Gasteiger partial charge in [0.2, 0.25) is 17.6 Å². The van der Waals surface area contributed by atoms with Crippen LogP contribution < -0.4 is 10.7 Å². The molecule has 1 unspecified atom stereocenters. The number of hydrazone groups is 1. The summed E-state index contributed by atoms with van der Waals surface area (Å²) < 4.78 is 0. The second kappa shape index (κ2) is 12.9. The minimum absolute atomic E-state index is 0. The van der Waals surface area contributed by atoms with E-state index in [1.807, 2.05) is 37.6 Å². The fourth-order valence-corrected chi connectivity index (χ4v) is 5.81. The highest BCUT2D eigenvalue weighted by atomic mass is 35.5. The largest absolute Gasteiger partial charge is 0.352 e. The van der Waals surface area contributed by atoms with Crippen molar-refractivity contribution in [2.75, 3.05) is 32.4 Å². The molecule has 3 rings (SSSR count). The van der Waals surface area contributed by atoms with E-state index in [1.54, 1.807) is 0 Å². The minimum atomic E-state index is -0.907. The average Bonchev–Trinajstić information content (AvgIpc) is 3.24. The zero-order valence-corrected chi connectivity index (χ0v) is 22.9. The van der Waals surface area contributed by atoms with Gasteiger partial charge in [-0.1, -0.05) is 51.8 Å². The molecular formula is C24H40ClN5O4S. The number of piperidine rings is 1. The first-order valence-electron chi connectivity index (χ1n) is 12.4. The summed E-state index contributed by atoms with van der Waals surface area (Å²) in [6.07, 6.45) is 5.89. The summed E-state index contributed by atoms with van der Waals surface area (Å²) in [5.74, 6) is -0.978. The van der Waals surface area contributed by atoms with Gasteiger partial charge in [-0.05, 0) is 31.6 Å². The maximum Gasteiger partial charge on any atom is 0.309 e. The third-order valence-corrected chi connectivity index (χ3v) is 8.01. The number of thioether (sulfide) groups is 1. The Kier molecular flexibility index (Phi) is 10.9. The van der Waals surface area contributed by atoms with E-state index in [-0.39, 0.29) is 36.1 Å². The van der Waals surface area contributed by atoms with Gasteiger partial charge < -0.3 is 15.1 Å². The number of carbonyl (C=O) groups excluding carboxylic acids is 4. The number of nitrogens with zero attached hydrogens (tertiary/aromatic N) is 3. The van der Waals surface area contributed by atoms with Crippen LogP contribution in [0, 0.1) is 17.3 Å². The highest BCUT2D eigenvalue weighted by Gasteiger charge is 2.39. The van der Waals surface area contributed by atoms with Gasteiger partial charge in [0.05, 0.1) is 0 Å². The lowest BCUT2D eigenvalue weighted by Gasteiger charge is -2.38. The smallest absolute Gasteiger partial charge is 0.309 e. The van der Waals surface area contributed by atoms with Crippen LogP contribution >= 0.6 is 24.2 Å². The van der Waals surface area contributed by atoms with Gasteiger partial charge in [-0.3, -0.25) is 19.2 Å². The molecule has 0 radical (unpaired) electrons. The first-order valence-corrected chi connectivity index (χ1v) is 13.4. The van der Waals surface area contributed by atoms with Crippen molar-refractivity contribution >= 4 is 52.8 Å². The Hall–Kier alpha value is -1.81. The van der Waals surface area contributed by atoms with Gasteiger partial charge in [-0.15, -0.1) is 17.5 Å². The first kappa shape index (κ1) is 29.4. The summed E-state index contributed by atoms with van der Waals surface area (Å²) in [5, 5.41) is 7.70. The van der Waals surface area contributed by atoms with E-state index in [0.29, 0.717) is 31.1 Å². The van der Waals surface area contributed by atoms with Crippen LogP contribution in [0.4, 0.5) is 0 Å². The minimum Gasteiger partial charge on any atom is -0.352 e. The predicted molar refractivity (Wildman–Crippen MR) is 140 cm³/mol. The Balaban J connectivity index is 0.00000432. The summed E-state index contributed by atoms with van der Waals surface area (Å²) in [6, 6.07) is -0.907. The normalized spacial score (nSPS) is 21.9. The van der Waals surface area contributed by atoms with Gasteiger partial charge in [-0.2, -0.15) is 0 Å². The summed E-state index contributed by atoms with van der Waals surface area (Å²) in [5.41, 5.74) is 1.92. The van der Waals surface area contributed by atoms with Crippen LogP contribution in [0.15, 0.2) is 5.10 Å². The molecule has 2 heterocycles. The lowest BCUT2D eigenvalue weighted by Crippen LogP contribution is -2.55. The van der Waals surface area contributed by atoms with Gasteiger partial charge in [0.25, 0.3) is 0 Å². The van der Waals surface area contributed by atoms with Gasteiger partial charge in [0.15, 0.2) is 5.17 Å². The van der Waals surface area contributed by atoms with Crippen molar-refractivity contribution in [1.82, 2.24) is 20.5 Å². The fraction of sp³-hybridized carbons (Fsp3) is 0.792. The molecule has 0 aromatic heterocycles. The Morgan fingerprint density at radius 2 is 1.63 bits per heavy atom. The molecule has 198 valence electrons. The molecule has 2 saturated heterocycles. The highest BCUT2D eigenvalue weighted by molar-refractivity contribution is 8.14. The van der Waals surface area contributed by atoms with Crippen molar-refractivity contribution in [2.24, 2.45) is 22.4 Å². The highest BCUT2D eigenvalue weighted by Crippen LogP contribution is 2.28. The number of hydrogen-bond acceptors (Lipinski definition) is 6. The van der Waals surface area contributed by atoms with Crippen LogP contribution in [0.1, 0.15) is 65.7 Å². The third-order valence-electron chi connectivity index (χ3n) is 6.96. The molecule has 2 aliphatic heterocycles. The molecule has 1 saturated carbocycles. The summed E-state index contributed by atoms with van der Waals surface area (Å²) in [7, 11) is 1.88. The number of ketones is 1. The molecule has 0 spiro atoms. The molecule has 0 bridgehead atoms. The quantitative estimate of drug-likeness (QED) is 0.404. The third kappa shape index (κ3) is 7.84. The fourth-order valence-electron chi connectivity index (χ4n) is 4.84. The van der Waals surface area contributed by atoms with Crippen molar-refractivity contribution in [3.05, 3.63) is 0 Å². The van der Waals surface area contributed by atoms with Crippen LogP contribution in [0.25, 0.3) is 0 Å². The number of rotatable bonds is 6. The van der Waals surface area contributed by atoms with Crippen LogP contribution in [0.2, 0.25) is 0 Å². The number of carbonyl (C=O) groups is 4. The SMILES string of the molecule is CN1CCS/C1=N\NC(=O)C(=O)C(NC(=O)C1CCCCC1)C1CCN(C(=O)C(C)(C)C)CC1.Cl. The number of likely N-dealkylation sites (tertiary alicyclic amines) is 1. The zero-order chi connectivity index (χ0) is 24.9. The van der Waals surface area contributed by atoms with Crippen molar-refractivity contribution in [2.45, 2.75) is 71.8 Å². The van der Waals surface area contributed by atoms with Crippen molar-refractivity contribution < 1.29 is 19.2 Å². The molecule has 3 amide bonds. The molecule has 0 aromatic carbocycles. The lowest BCUT2D eigenvalue weighted by atomic mass is 9.84. The Labute approximate surface area is 219 Å². The van der Waals surface area contributed by atoms with E-state index in [9.17, 15) is 19.2 Å². The number of nitrogens with one attached hydrogen (secondary N) is 2. The van der Waals surface area contributed by atoms with Crippen LogP contribution in [0.5, 0.6) is 0 Å². The van der Waals surface area contributed by atoms with Gasteiger partial charge >= 0.3 is 5.91 Å². The molecule has 1 atom stereocenters. The summed E-state index contributed by atoms with van der Waals surface area (Å²) in [4.78, 5) is 55.4. The molecule has 11 heteroatoms. The Morgan fingerprint density at radius 3 is 2.17 bits per heavy atom. The number of amides is 3.